The van der Waals surface area contributed by atoms with Crippen LogP contribution in [-0.2, 0) is 32.7 Å². The van der Waals surface area contributed by atoms with E-state index in [0.717, 1.165) is 56.9 Å². The number of hydrogen-bond acceptors (Lipinski definition) is 6. The highest BCUT2D eigenvalue weighted by atomic mass is 16.8. The molecular formula is C32H41NO6. The third-order valence-corrected chi connectivity index (χ3v) is 8.87. The lowest BCUT2D eigenvalue weighted by Crippen LogP contribution is -2.62. The number of amides is 1. The van der Waals surface area contributed by atoms with Gasteiger partial charge in [-0.25, -0.2) is 9.59 Å². The highest BCUT2D eigenvalue weighted by Crippen LogP contribution is 2.56. The molecule has 2 aliphatic carbocycles. The molecule has 0 spiro atoms. The minimum Gasteiger partial charge on any atom is -0.457 e. The second-order valence-electron chi connectivity index (χ2n) is 11.1. The fourth-order valence-electron chi connectivity index (χ4n) is 6.97. The van der Waals surface area contributed by atoms with Gasteiger partial charge >= 0.3 is 12.2 Å². The van der Waals surface area contributed by atoms with Crippen molar-refractivity contribution in [3.05, 3.63) is 65.2 Å². The van der Waals surface area contributed by atoms with E-state index in [2.05, 4.69) is 19.1 Å². The van der Waals surface area contributed by atoms with Crippen molar-refractivity contribution in [1.82, 2.24) is 4.90 Å². The van der Waals surface area contributed by atoms with E-state index in [4.69, 9.17) is 18.9 Å². The molecule has 0 radical (unpaired) electrons. The number of carbonyl (C=O) groups is 2. The summed E-state index contributed by atoms with van der Waals surface area (Å²) >= 11 is 0. The van der Waals surface area contributed by atoms with E-state index in [-0.39, 0.29) is 24.3 Å². The van der Waals surface area contributed by atoms with Crippen molar-refractivity contribution in [2.75, 3.05) is 19.9 Å². The molecule has 5 rings (SSSR count). The molecule has 0 unspecified atom stereocenters. The second kappa shape index (κ2) is 12.8. The molecule has 210 valence electrons. The Kier molecular flexibility index (Phi) is 8.95. The van der Waals surface area contributed by atoms with Crippen LogP contribution in [0.2, 0.25) is 0 Å². The van der Waals surface area contributed by atoms with Gasteiger partial charge in [0.25, 0.3) is 0 Å². The number of nitrogens with zero attached hydrogens (tertiary/aromatic N) is 1. The van der Waals surface area contributed by atoms with Gasteiger partial charge < -0.3 is 23.8 Å². The number of piperidine rings is 1. The number of unbranched alkanes of at least 4 members (excludes halogenated alkanes) is 3. The quantitative estimate of drug-likeness (QED) is 0.183. The Balaban J connectivity index is 1.22. The van der Waals surface area contributed by atoms with Crippen LogP contribution in [0.3, 0.4) is 0 Å². The second-order valence-corrected chi connectivity index (χ2v) is 11.1. The standard InChI is InChI=1S/C32H41NO6/c1-2-3-4-10-19-36-31(35)39-23-38-26-15-14-25-20-29-27-13-8-9-16-32(27,28(25)21-26)17-18-33(29)30(34)37-22-24-11-6-5-7-12-24/h5-7,11-12,14-15,21,27,29H,2-4,8-10,13,16-20,22-23H2,1H3/t27-,29-,32+/m1/s1. The number of hydrogen-bond donors (Lipinski definition) is 0. The molecule has 7 nitrogen and oxygen atoms in total. The molecule has 1 saturated carbocycles. The lowest BCUT2D eigenvalue weighted by molar-refractivity contribution is -0.0144. The molecule has 1 heterocycles. The zero-order chi connectivity index (χ0) is 27.1. The summed E-state index contributed by atoms with van der Waals surface area (Å²) in [5.41, 5.74) is 3.67. The number of benzene rings is 2. The smallest absolute Gasteiger partial charge is 0.457 e. The minimum absolute atomic E-state index is 0.0460. The first-order valence-electron chi connectivity index (χ1n) is 14.6. The SMILES string of the molecule is CCCCCCOC(=O)OCOc1ccc2c(c1)[C@]13CCCC[C@@H]1[C@@H](C2)N(C(=O)OCc1ccccc1)CC3. The number of likely N-dealkylation sites (tertiary alicyclic amines) is 1. The van der Waals surface area contributed by atoms with Gasteiger partial charge in [-0.15, -0.1) is 0 Å². The van der Waals surface area contributed by atoms with Crippen LogP contribution in [0.25, 0.3) is 0 Å². The first-order chi connectivity index (χ1) is 19.1. The number of rotatable bonds is 10. The van der Waals surface area contributed by atoms with Gasteiger partial charge in [0.15, 0.2) is 0 Å². The van der Waals surface area contributed by atoms with Gasteiger partial charge in [0.2, 0.25) is 6.79 Å². The maximum atomic E-state index is 13.2. The largest absolute Gasteiger partial charge is 0.511 e. The lowest BCUT2D eigenvalue weighted by atomic mass is 9.52. The van der Waals surface area contributed by atoms with Crippen LogP contribution in [-0.4, -0.2) is 43.1 Å². The minimum atomic E-state index is -0.690. The highest BCUT2D eigenvalue weighted by Gasteiger charge is 2.55. The van der Waals surface area contributed by atoms with Crippen molar-refractivity contribution in [1.29, 1.82) is 0 Å². The molecule has 1 saturated heterocycles. The Hall–Kier alpha value is -3.22. The van der Waals surface area contributed by atoms with E-state index in [0.29, 0.717) is 31.4 Å². The van der Waals surface area contributed by atoms with Crippen LogP contribution < -0.4 is 4.74 Å². The van der Waals surface area contributed by atoms with E-state index in [1.54, 1.807) is 0 Å². The van der Waals surface area contributed by atoms with Crippen LogP contribution in [0.4, 0.5) is 9.59 Å². The summed E-state index contributed by atoms with van der Waals surface area (Å²) in [6.45, 7) is 3.34. The van der Waals surface area contributed by atoms with E-state index in [1.165, 1.54) is 24.0 Å². The fourth-order valence-corrected chi connectivity index (χ4v) is 6.97. The fraction of sp³-hybridized carbons (Fsp3) is 0.562. The lowest BCUT2D eigenvalue weighted by Gasteiger charge is -2.58. The summed E-state index contributed by atoms with van der Waals surface area (Å²) in [6.07, 6.45) is 9.64. The van der Waals surface area contributed by atoms with Gasteiger partial charge in [0, 0.05) is 18.0 Å². The number of carbonyl (C=O) groups excluding carboxylic acids is 2. The van der Waals surface area contributed by atoms with Crippen LogP contribution in [0.1, 0.15) is 81.4 Å². The Morgan fingerprint density at radius 1 is 0.974 bits per heavy atom. The van der Waals surface area contributed by atoms with Crippen LogP contribution in [0.5, 0.6) is 5.75 Å². The van der Waals surface area contributed by atoms with Gasteiger partial charge in [-0.2, -0.15) is 0 Å². The van der Waals surface area contributed by atoms with E-state index in [1.807, 2.05) is 41.3 Å². The summed E-state index contributed by atoms with van der Waals surface area (Å²) in [4.78, 5) is 27.1. The van der Waals surface area contributed by atoms with Crippen LogP contribution in [0.15, 0.2) is 48.5 Å². The van der Waals surface area contributed by atoms with Crippen LogP contribution >= 0.6 is 0 Å². The average Bonchev–Trinajstić information content (AvgIpc) is 2.96. The maximum Gasteiger partial charge on any atom is 0.511 e. The van der Waals surface area contributed by atoms with Crippen molar-refractivity contribution in [3.8, 4) is 5.75 Å². The van der Waals surface area contributed by atoms with Crippen molar-refractivity contribution >= 4 is 12.2 Å². The molecule has 7 heteroatoms. The molecule has 2 aromatic carbocycles. The van der Waals surface area contributed by atoms with Crippen molar-refractivity contribution < 1.29 is 28.5 Å². The van der Waals surface area contributed by atoms with E-state index >= 15 is 0 Å². The molecule has 3 aliphatic rings. The zero-order valence-electron chi connectivity index (χ0n) is 23.1. The van der Waals surface area contributed by atoms with Gasteiger partial charge in [-0.05, 0) is 66.8 Å². The maximum absolute atomic E-state index is 13.2. The molecule has 39 heavy (non-hydrogen) atoms. The first-order valence-corrected chi connectivity index (χ1v) is 14.6. The van der Waals surface area contributed by atoms with Gasteiger partial charge in [0.1, 0.15) is 12.4 Å². The Bertz CT molecular complexity index is 1120. The predicted octanol–water partition coefficient (Wildman–Crippen LogP) is 7.15. The van der Waals surface area contributed by atoms with Crippen molar-refractivity contribution in [2.45, 2.75) is 89.2 Å². The molecule has 0 aromatic heterocycles. The molecule has 2 fully saturated rings. The third kappa shape index (κ3) is 6.18. The Labute approximate surface area is 231 Å². The van der Waals surface area contributed by atoms with E-state index < -0.39 is 6.16 Å². The summed E-state index contributed by atoms with van der Waals surface area (Å²) in [5, 5.41) is 0. The Morgan fingerprint density at radius 2 is 1.85 bits per heavy atom. The Morgan fingerprint density at radius 3 is 2.69 bits per heavy atom. The summed E-state index contributed by atoms with van der Waals surface area (Å²) in [6, 6.07) is 16.2. The first kappa shape index (κ1) is 27.4. The molecule has 3 atom stereocenters. The molecule has 1 aliphatic heterocycles. The third-order valence-electron chi connectivity index (χ3n) is 8.87. The highest BCUT2D eigenvalue weighted by molar-refractivity contribution is 5.69. The number of fused-ring (bicyclic) bond motifs is 1. The summed E-state index contributed by atoms with van der Waals surface area (Å²) < 4.78 is 21.9. The molecule has 2 bridgehead atoms. The monoisotopic (exact) mass is 535 g/mol. The normalized spacial score (nSPS) is 23.3. The van der Waals surface area contributed by atoms with Crippen molar-refractivity contribution in [3.63, 3.8) is 0 Å². The summed E-state index contributed by atoms with van der Waals surface area (Å²) in [7, 11) is 0. The molecule has 2 aromatic rings. The average molecular weight is 536 g/mol. The molecular weight excluding hydrogens is 494 g/mol. The molecule has 0 N–H and O–H groups in total. The zero-order valence-corrected chi connectivity index (χ0v) is 23.1. The van der Waals surface area contributed by atoms with Gasteiger partial charge in [-0.3, -0.25) is 0 Å². The topological polar surface area (TPSA) is 74.3 Å². The summed E-state index contributed by atoms with van der Waals surface area (Å²) in [5.74, 6) is 1.11. The van der Waals surface area contributed by atoms with E-state index in [9.17, 15) is 9.59 Å². The van der Waals surface area contributed by atoms with Crippen molar-refractivity contribution in [2.24, 2.45) is 5.92 Å². The van der Waals surface area contributed by atoms with Gasteiger partial charge in [-0.1, -0.05) is 75.4 Å². The predicted molar refractivity (Wildman–Crippen MR) is 148 cm³/mol. The number of ether oxygens (including phenoxy) is 4. The van der Waals surface area contributed by atoms with Crippen LogP contribution in [0, 0.1) is 5.92 Å². The molecule has 1 amide bonds. The van der Waals surface area contributed by atoms with Gasteiger partial charge in [0.05, 0.1) is 6.61 Å².